The van der Waals surface area contributed by atoms with Gasteiger partial charge in [0.05, 0.1) is 12.5 Å². The Morgan fingerprint density at radius 1 is 0.640 bits per heavy atom. The van der Waals surface area contributed by atoms with Crippen molar-refractivity contribution in [3.05, 3.63) is 59.7 Å². The number of carboxylic acid groups (broad SMARTS) is 2. The van der Waals surface area contributed by atoms with Crippen molar-refractivity contribution in [3.63, 3.8) is 0 Å². The normalized spacial score (nSPS) is 13.9. The molecule has 0 fully saturated rings. The maximum Gasteiger partial charge on any atom is 0.326 e. The number of rotatable bonds is 20. The Bertz CT molecular complexity index is 1520. The first kappa shape index (κ1) is 40.5. The van der Waals surface area contributed by atoms with Crippen LogP contribution in [0.4, 0.5) is 0 Å². The van der Waals surface area contributed by atoms with Crippen LogP contribution < -0.4 is 32.7 Å². The Hall–Kier alpha value is -5.71. The average molecular weight is 701 g/mol. The van der Waals surface area contributed by atoms with Crippen LogP contribution in [0.2, 0.25) is 0 Å². The van der Waals surface area contributed by atoms with Gasteiger partial charge in [0.25, 0.3) is 0 Å². The Kier molecular flexibility index (Phi) is 15.6. The SMILES string of the molecule is CC(C)C[C@H](NC(=O)[C@H](Cc1ccc(O)cc1)NC(=O)[C@H](CCC(=O)O)NC(=O)[C@@H](N)CC(N)=O)C(=O)N[C@@H](Cc1ccc(O)cc1)C(=O)O. The second kappa shape index (κ2) is 19.3. The first-order valence-electron chi connectivity index (χ1n) is 15.7. The van der Waals surface area contributed by atoms with E-state index in [-0.39, 0.29) is 36.7 Å². The highest BCUT2D eigenvalue weighted by Gasteiger charge is 2.33. The van der Waals surface area contributed by atoms with E-state index < -0.39 is 90.9 Å². The third kappa shape index (κ3) is 14.2. The maximum absolute atomic E-state index is 13.8. The van der Waals surface area contributed by atoms with Gasteiger partial charge in [-0.15, -0.1) is 0 Å². The molecule has 2 rings (SSSR count). The maximum atomic E-state index is 13.8. The molecule has 2 aromatic rings. The minimum atomic E-state index is -1.52. The van der Waals surface area contributed by atoms with E-state index >= 15 is 0 Å². The molecule has 0 bridgehead atoms. The summed E-state index contributed by atoms with van der Waals surface area (Å²) in [5.41, 5.74) is 11.7. The number of aromatic hydroxyl groups is 2. The monoisotopic (exact) mass is 700 g/mol. The van der Waals surface area contributed by atoms with Gasteiger partial charge in [-0.25, -0.2) is 4.79 Å². The van der Waals surface area contributed by atoms with Crippen LogP contribution >= 0.6 is 0 Å². The quantitative estimate of drug-likeness (QED) is 0.0797. The van der Waals surface area contributed by atoms with E-state index in [1.807, 2.05) is 0 Å². The minimum absolute atomic E-state index is 0.0273. The van der Waals surface area contributed by atoms with Crippen molar-refractivity contribution in [2.45, 2.75) is 82.6 Å². The number of primary amides is 1. The van der Waals surface area contributed by atoms with Crippen LogP contribution in [0.15, 0.2) is 48.5 Å². The summed E-state index contributed by atoms with van der Waals surface area (Å²) in [7, 11) is 0. The molecule has 0 saturated carbocycles. The molecule has 5 atom stereocenters. The number of nitrogens with one attached hydrogen (secondary N) is 4. The van der Waals surface area contributed by atoms with E-state index in [2.05, 4.69) is 21.3 Å². The van der Waals surface area contributed by atoms with Crippen LogP contribution in [-0.4, -0.2) is 92.1 Å². The number of amides is 5. The third-order valence-corrected chi connectivity index (χ3v) is 7.38. The number of hydrogen-bond donors (Lipinski definition) is 10. The van der Waals surface area contributed by atoms with Crippen molar-refractivity contribution in [3.8, 4) is 11.5 Å². The summed E-state index contributed by atoms with van der Waals surface area (Å²) < 4.78 is 0. The highest BCUT2D eigenvalue weighted by molar-refractivity contribution is 5.96. The fraction of sp³-hybridized carbons (Fsp3) is 0.424. The fourth-order valence-corrected chi connectivity index (χ4v) is 4.79. The van der Waals surface area contributed by atoms with Crippen molar-refractivity contribution in [1.82, 2.24) is 21.3 Å². The smallest absolute Gasteiger partial charge is 0.326 e. The second-order valence-corrected chi connectivity index (χ2v) is 12.2. The van der Waals surface area contributed by atoms with Gasteiger partial charge in [-0.3, -0.25) is 28.8 Å². The summed E-state index contributed by atoms with van der Waals surface area (Å²) in [6, 6.07) is 4.34. The molecule has 5 amide bonds. The summed E-state index contributed by atoms with van der Waals surface area (Å²) in [6.07, 6.45) is -1.79. The van der Waals surface area contributed by atoms with E-state index in [0.717, 1.165) is 0 Å². The molecule has 0 aliphatic rings. The zero-order valence-electron chi connectivity index (χ0n) is 27.6. The molecule has 12 N–H and O–H groups in total. The van der Waals surface area contributed by atoms with Crippen LogP contribution in [0.1, 0.15) is 50.7 Å². The first-order valence-corrected chi connectivity index (χ1v) is 15.7. The molecule has 0 aliphatic carbocycles. The van der Waals surface area contributed by atoms with Gasteiger partial charge in [-0.2, -0.15) is 0 Å². The van der Waals surface area contributed by atoms with Gasteiger partial charge < -0.3 is 53.2 Å². The lowest BCUT2D eigenvalue weighted by atomic mass is 9.99. The van der Waals surface area contributed by atoms with Crippen LogP contribution in [0.3, 0.4) is 0 Å². The van der Waals surface area contributed by atoms with Crippen LogP contribution in [0.5, 0.6) is 11.5 Å². The molecule has 0 aromatic heterocycles. The number of carbonyl (C=O) groups excluding carboxylic acids is 5. The van der Waals surface area contributed by atoms with E-state index in [9.17, 15) is 54.0 Å². The predicted octanol–water partition coefficient (Wildman–Crippen LogP) is -0.980. The van der Waals surface area contributed by atoms with Gasteiger partial charge in [0.1, 0.15) is 35.7 Å². The average Bonchev–Trinajstić information content (AvgIpc) is 3.03. The molecule has 272 valence electrons. The molecule has 0 radical (unpaired) electrons. The van der Waals surface area contributed by atoms with Crippen molar-refractivity contribution in [2.24, 2.45) is 17.4 Å². The topological polar surface area (TPSA) is 301 Å². The van der Waals surface area contributed by atoms with Gasteiger partial charge in [0.15, 0.2) is 0 Å². The zero-order chi connectivity index (χ0) is 37.5. The van der Waals surface area contributed by atoms with E-state index in [4.69, 9.17) is 11.5 Å². The van der Waals surface area contributed by atoms with Crippen molar-refractivity contribution in [1.29, 1.82) is 0 Å². The van der Waals surface area contributed by atoms with E-state index in [1.165, 1.54) is 48.5 Å². The van der Waals surface area contributed by atoms with Crippen LogP contribution in [0, 0.1) is 5.92 Å². The highest BCUT2D eigenvalue weighted by Crippen LogP contribution is 2.15. The molecule has 0 saturated heterocycles. The first-order chi connectivity index (χ1) is 23.4. The van der Waals surface area contributed by atoms with Crippen LogP contribution in [-0.2, 0) is 46.4 Å². The number of nitrogens with two attached hydrogens (primary N) is 2. The van der Waals surface area contributed by atoms with Gasteiger partial charge in [-0.05, 0) is 54.2 Å². The van der Waals surface area contributed by atoms with E-state index in [1.54, 1.807) is 13.8 Å². The number of aliphatic carboxylic acids is 2. The van der Waals surface area contributed by atoms with Gasteiger partial charge in [0, 0.05) is 19.3 Å². The number of carboxylic acids is 2. The lowest BCUT2D eigenvalue weighted by Gasteiger charge is -2.27. The fourth-order valence-electron chi connectivity index (χ4n) is 4.79. The largest absolute Gasteiger partial charge is 0.508 e. The Morgan fingerprint density at radius 3 is 1.52 bits per heavy atom. The molecular weight excluding hydrogens is 656 g/mol. The molecule has 2 aromatic carbocycles. The minimum Gasteiger partial charge on any atom is -0.508 e. The van der Waals surface area contributed by atoms with Crippen molar-refractivity contribution in [2.75, 3.05) is 0 Å². The van der Waals surface area contributed by atoms with Crippen molar-refractivity contribution < 1.29 is 54.0 Å². The lowest BCUT2D eigenvalue weighted by Crippen LogP contribution is -2.59. The molecular formula is C33H44N6O11. The number of benzene rings is 2. The Balaban J connectivity index is 2.35. The summed E-state index contributed by atoms with van der Waals surface area (Å²) in [5, 5.41) is 48.0. The lowest BCUT2D eigenvalue weighted by molar-refractivity contribution is -0.142. The molecule has 17 heteroatoms. The number of carbonyl (C=O) groups is 7. The molecule has 0 spiro atoms. The van der Waals surface area contributed by atoms with E-state index in [0.29, 0.717) is 11.1 Å². The molecule has 17 nitrogen and oxygen atoms in total. The predicted molar refractivity (Wildman–Crippen MR) is 177 cm³/mol. The van der Waals surface area contributed by atoms with Crippen molar-refractivity contribution >= 4 is 41.5 Å². The van der Waals surface area contributed by atoms with Gasteiger partial charge in [-0.1, -0.05) is 38.1 Å². The Morgan fingerprint density at radius 2 is 1.06 bits per heavy atom. The zero-order valence-corrected chi connectivity index (χ0v) is 27.6. The van der Waals surface area contributed by atoms with Crippen LogP contribution in [0.25, 0.3) is 0 Å². The number of phenolic OH excluding ortho intramolecular Hbond substituents is 2. The summed E-state index contributed by atoms with van der Waals surface area (Å²) >= 11 is 0. The Labute approximate surface area is 287 Å². The number of hydrogen-bond acceptors (Lipinski definition) is 10. The molecule has 0 aliphatic heterocycles. The second-order valence-electron chi connectivity index (χ2n) is 12.2. The highest BCUT2D eigenvalue weighted by atomic mass is 16.4. The molecule has 0 unspecified atom stereocenters. The third-order valence-electron chi connectivity index (χ3n) is 7.38. The summed E-state index contributed by atoms with van der Waals surface area (Å²) in [4.78, 5) is 87.9. The standard InChI is InChI=1S/C33H44N6O11/c1-17(2)13-24(31(47)39-26(33(49)50)15-19-5-9-21(41)10-6-19)37-32(48)25(14-18-3-7-20(40)8-4-18)38-30(46)23(11-12-28(43)44)36-29(45)22(34)16-27(35)42/h3-10,17,22-26,40-41H,11-16,34H2,1-2H3,(H2,35,42)(H,36,45)(H,37,48)(H,38,46)(H,39,47)(H,43,44)(H,49,50)/t22-,23-,24-,25-,26-/m0/s1. The molecule has 0 heterocycles. The summed E-state index contributed by atoms with van der Waals surface area (Å²) in [5.74, 6) is -7.42. The van der Waals surface area contributed by atoms with Gasteiger partial charge >= 0.3 is 11.9 Å². The number of phenols is 2. The van der Waals surface area contributed by atoms with Gasteiger partial charge in [0.2, 0.25) is 29.5 Å². The summed E-state index contributed by atoms with van der Waals surface area (Å²) in [6.45, 7) is 3.54. The molecule has 50 heavy (non-hydrogen) atoms.